The van der Waals surface area contributed by atoms with Crippen LogP contribution in [-0.2, 0) is 6.54 Å². The second-order valence-corrected chi connectivity index (χ2v) is 6.88. The van der Waals surface area contributed by atoms with Gasteiger partial charge in [-0.2, -0.15) is 5.26 Å². The van der Waals surface area contributed by atoms with Gasteiger partial charge >= 0.3 is 0 Å². The Balaban J connectivity index is 2.05. The number of pyridine rings is 1. The van der Waals surface area contributed by atoms with Gasteiger partial charge in [0.2, 0.25) is 0 Å². The molecule has 1 fully saturated rings. The molecule has 1 aliphatic rings. The third kappa shape index (κ3) is 3.57. The molecule has 2 N–H and O–H groups in total. The molecule has 5 nitrogen and oxygen atoms in total. The van der Waals surface area contributed by atoms with Crippen molar-refractivity contribution in [3.8, 4) is 6.07 Å². The van der Waals surface area contributed by atoms with Crippen molar-refractivity contribution in [3.05, 3.63) is 63.7 Å². The van der Waals surface area contributed by atoms with E-state index in [4.69, 9.17) is 5.73 Å². The first-order chi connectivity index (χ1) is 11.9. The number of hydrogen-bond acceptors (Lipinski definition) is 4. The molecule has 1 atom stereocenters. The molecule has 2 aromatic rings. The van der Waals surface area contributed by atoms with Crippen molar-refractivity contribution in [1.29, 1.82) is 5.26 Å². The molecule has 130 valence electrons. The Bertz CT molecular complexity index is 882. The fraction of sp³-hybridized carbons (Fsp3) is 0.368. The van der Waals surface area contributed by atoms with Crippen molar-refractivity contribution in [2.75, 3.05) is 18.0 Å². The maximum atomic E-state index is 13.9. The molecule has 0 spiro atoms. The number of hydrogen-bond donors (Lipinski definition) is 1. The van der Waals surface area contributed by atoms with Crippen LogP contribution in [0.15, 0.2) is 41.2 Å². The molecule has 0 radical (unpaired) electrons. The fourth-order valence-electron chi connectivity index (χ4n) is 3.37. The Morgan fingerprint density at radius 1 is 1.32 bits per heavy atom. The molecule has 0 aliphatic carbocycles. The average Bonchev–Trinajstić information content (AvgIpc) is 2.58. The van der Waals surface area contributed by atoms with Gasteiger partial charge in [0, 0.05) is 18.6 Å². The van der Waals surface area contributed by atoms with Crippen molar-refractivity contribution < 1.29 is 4.39 Å². The van der Waals surface area contributed by atoms with Gasteiger partial charge in [-0.05, 0) is 43.5 Å². The van der Waals surface area contributed by atoms with Crippen molar-refractivity contribution >= 4 is 5.82 Å². The Labute approximate surface area is 146 Å². The molecule has 0 bridgehead atoms. The lowest BCUT2D eigenvalue weighted by Crippen LogP contribution is -2.53. The van der Waals surface area contributed by atoms with E-state index in [0.29, 0.717) is 23.5 Å². The minimum absolute atomic E-state index is 0.146. The van der Waals surface area contributed by atoms with E-state index in [0.717, 1.165) is 19.4 Å². The summed E-state index contributed by atoms with van der Waals surface area (Å²) in [4.78, 5) is 14.5. The van der Waals surface area contributed by atoms with Gasteiger partial charge in [0.05, 0.1) is 18.2 Å². The summed E-state index contributed by atoms with van der Waals surface area (Å²) < 4.78 is 15.3. The molecule has 25 heavy (non-hydrogen) atoms. The van der Waals surface area contributed by atoms with E-state index in [1.807, 2.05) is 11.8 Å². The first-order valence-corrected chi connectivity index (χ1v) is 8.32. The van der Waals surface area contributed by atoms with Crippen LogP contribution < -0.4 is 16.2 Å². The third-order valence-corrected chi connectivity index (χ3v) is 4.62. The molecule has 0 unspecified atom stereocenters. The maximum absolute atomic E-state index is 13.9. The molecule has 1 aromatic carbocycles. The lowest BCUT2D eigenvalue weighted by molar-refractivity contribution is 0.370. The minimum Gasteiger partial charge on any atom is -0.356 e. The lowest BCUT2D eigenvalue weighted by Gasteiger charge is -2.39. The van der Waals surface area contributed by atoms with Crippen molar-refractivity contribution in [2.24, 2.45) is 5.73 Å². The summed E-state index contributed by atoms with van der Waals surface area (Å²) in [5.41, 5.74) is 6.41. The average molecular weight is 340 g/mol. The van der Waals surface area contributed by atoms with E-state index in [2.05, 4.69) is 6.07 Å². The van der Waals surface area contributed by atoms with E-state index in [1.54, 1.807) is 30.3 Å². The second-order valence-electron chi connectivity index (χ2n) is 6.88. The molecular formula is C19H21FN4O. The van der Waals surface area contributed by atoms with Crippen LogP contribution in [0, 0.1) is 17.1 Å². The third-order valence-electron chi connectivity index (χ3n) is 4.62. The molecule has 0 amide bonds. The number of anilines is 1. The van der Waals surface area contributed by atoms with Gasteiger partial charge in [-0.1, -0.05) is 18.2 Å². The van der Waals surface area contributed by atoms with Gasteiger partial charge in [0.25, 0.3) is 5.56 Å². The molecule has 1 aliphatic heterocycles. The van der Waals surface area contributed by atoms with Crippen molar-refractivity contribution in [1.82, 2.24) is 4.57 Å². The van der Waals surface area contributed by atoms with Gasteiger partial charge in [-0.15, -0.1) is 0 Å². The van der Waals surface area contributed by atoms with E-state index in [9.17, 15) is 14.4 Å². The summed E-state index contributed by atoms with van der Waals surface area (Å²) in [6, 6.07) is 12.0. The molecular weight excluding hydrogens is 319 g/mol. The Morgan fingerprint density at radius 2 is 2.08 bits per heavy atom. The van der Waals surface area contributed by atoms with Gasteiger partial charge in [0.1, 0.15) is 5.82 Å². The summed E-state index contributed by atoms with van der Waals surface area (Å²) in [5, 5.41) is 9.27. The summed E-state index contributed by atoms with van der Waals surface area (Å²) >= 11 is 0. The number of nitrogens with two attached hydrogens (primary N) is 1. The van der Waals surface area contributed by atoms with E-state index < -0.39 is 11.4 Å². The van der Waals surface area contributed by atoms with E-state index in [-0.39, 0.29) is 12.1 Å². The van der Waals surface area contributed by atoms with E-state index in [1.165, 1.54) is 10.6 Å². The Kier molecular flexibility index (Phi) is 4.60. The first kappa shape index (κ1) is 17.2. The monoisotopic (exact) mass is 340 g/mol. The largest absolute Gasteiger partial charge is 0.356 e. The molecule has 6 heteroatoms. The molecule has 2 heterocycles. The van der Waals surface area contributed by atoms with Crippen LogP contribution in [0.1, 0.15) is 30.9 Å². The first-order valence-electron chi connectivity index (χ1n) is 8.32. The zero-order valence-corrected chi connectivity index (χ0v) is 14.2. The summed E-state index contributed by atoms with van der Waals surface area (Å²) in [7, 11) is 0. The van der Waals surface area contributed by atoms with Crippen LogP contribution in [0.3, 0.4) is 0 Å². The Morgan fingerprint density at radius 3 is 2.80 bits per heavy atom. The van der Waals surface area contributed by atoms with Gasteiger partial charge < -0.3 is 10.6 Å². The molecule has 1 saturated heterocycles. The zero-order valence-electron chi connectivity index (χ0n) is 14.2. The highest BCUT2D eigenvalue weighted by Gasteiger charge is 2.28. The fourth-order valence-corrected chi connectivity index (χ4v) is 3.37. The van der Waals surface area contributed by atoms with E-state index >= 15 is 0 Å². The molecule has 1 aromatic heterocycles. The number of benzene rings is 1. The number of nitriles is 1. The number of piperidine rings is 1. The van der Waals surface area contributed by atoms with Gasteiger partial charge in [0.15, 0.2) is 5.82 Å². The normalized spacial score (nSPS) is 20.3. The highest BCUT2D eigenvalue weighted by Crippen LogP contribution is 2.24. The van der Waals surface area contributed by atoms with Gasteiger partial charge in [-0.25, -0.2) is 4.39 Å². The van der Waals surface area contributed by atoms with Crippen molar-refractivity contribution in [2.45, 2.75) is 31.8 Å². The summed E-state index contributed by atoms with van der Waals surface area (Å²) in [6.07, 6.45) is 1.82. The van der Waals surface area contributed by atoms with Crippen LogP contribution in [0.4, 0.5) is 10.2 Å². The van der Waals surface area contributed by atoms with Crippen LogP contribution in [0.2, 0.25) is 0 Å². The minimum atomic E-state index is -0.800. The van der Waals surface area contributed by atoms with Crippen LogP contribution in [-0.4, -0.2) is 23.2 Å². The number of rotatable bonds is 3. The van der Waals surface area contributed by atoms with Crippen LogP contribution >= 0.6 is 0 Å². The summed E-state index contributed by atoms with van der Waals surface area (Å²) in [6.45, 7) is 3.49. The molecule has 3 rings (SSSR count). The second kappa shape index (κ2) is 6.69. The Hall–Kier alpha value is -2.65. The van der Waals surface area contributed by atoms with Gasteiger partial charge in [-0.3, -0.25) is 9.36 Å². The highest BCUT2D eigenvalue weighted by atomic mass is 19.1. The highest BCUT2D eigenvalue weighted by molar-refractivity contribution is 5.44. The number of aromatic nitrogens is 1. The topological polar surface area (TPSA) is 75.0 Å². The predicted octanol–water partition coefficient (Wildman–Crippen LogP) is 2.22. The van der Waals surface area contributed by atoms with Crippen molar-refractivity contribution in [3.63, 3.8) is 0 Å². The SMILES string of the molecule is C[C@@]1(N)CCCN(c2ccc(F)c(=O)n2Cc2ccccc2C#N)C1. The zero-order chi connectivity index (χ0) is 18.0. The molecule has 0 saturated carbocycles. The predicted molar refractivity (Wildman–Crippen MR) is 95.0 cm³/mol. The number of halogens is 1. The summed E-state index contributed by atoms with van der Waals surface area (Å²) in [5.74, 6) is -0.166. The maximum Gasteiger partial charge on any atom is 0.288 e. The lowest BCUT2D eigenvalue weighted by atomic mass is 9.92. The smallest absolute Gasteiger partial charge is 0.288 e. The standard InChI is InChI=1S/C19H21FN4O/c1-19(22)9-4-10-23(13-19)17-8-7-16(20)18(25)24(17)12-15-6-3-2-5-14(15)11-21/h2-3,5-8H,4,9-10,12-13,22H2,1H3/t19-/m1/s1. The quantitative estimate of drug-likeness (QED) is 0.930. The van der Waals surface area contributed by atoms with Crippen LogP contribution in [0.25, 0.3) is 0 Å². The number of nitrogens with zero attached hydrogens (tertiary/aromatic N) is 3. The van der Waals surface area contributed by atoms with Crippen LogP contribution in [0.5, 0.6) is 0 Å².